The third kappa shape index (κ3) is 3.91. The van der Waals surface area contributed by atoms with E-state index in [0.717, 1.165) is 22.2 Å². The average Bonchev–Trinajstić information content (AvgIpc) is 2.78. The van der Waals surface area contributed by atoms with E-state index in [1.54, 1.807) is 0 Å². The van der Waals surface area contributed by atoms with Crippen molar-refractivity contribution in [3.05, 3.63) is 65.7 Å². The van der Waals surface area contributed by atoms with Gasteiger partial charge in [0.2, 0.25) is 5.91 Å². The van der Waals surface area contributed by atoms with Crippen molar-refractivity contribution in [2.24, 2.45) is 5.73 Å². The second-order valence-electron chi connectivity index (χ2n) is 7.84. The third-order valence-corrected chi connectivity index (χ3v) is 5.85. The van der Waals surface area contributed by atoms with Gasteiger partial charge in [-0.2, -0.15) is 0 Å². The molecule has 0 saturated carbocycles. The highest BCUT2D eigenvalue weighted by Crippen LogP contribution is 2.26. The molecule has 1 saturated heterocycles. The van der Waals surface area contributed by atoms with Gasteiger partial charge in [0.15, 0.2) is 0 Å². The molecule has 0 aliphatic carbocycles. The van der Waals surface area contributed by atoms with Crippen LogP contribution in [0.15, 0.2) is 54.6 Å². The molecule has 2 heterocycles. The molecule has 2 N–H and O–H groups in total. The van der Waals surface area contributed by atoms with Gasteiger partial charge < -0.3 is 10.6 Å². The number of fused-ring (bicyclic) bond motifs is 1. The van der Waals surface area contributed by atoms with Crippen LogP contribution >= 0.6 is 0 Å². The molecule has 2 amide bonds. The summed E-state index contributed by atoms with van der Waals surface area (Å²) in [6.45, 7) is 6.24. The molecule has 2 aromatic carbocycles. The smallest absolute Gasteiger partial charge is 0.254 e. The molecular weight excluding hydrogens is 376 g/mol. The number of hydrogen-bond donors (Lipinski definition) is 1. The van der Waals surface area contributed by atoms with Gasteiger partial charge >= 0.3 is 0 Å². The van der Waals surface area contributed by atoms with Crippen LogP contribution in [-0.4, -0.2) is 58.8 Å². The zero-order valence-electron chi connectivity index (χ0n) is 17.3. The van der Waals surface area contributed by atoms with Crippen molar-refractivity contribution in [2.45, 2.75) is 19.9 Å². The van der Waals surface area contributed by atoms with Gasteiger partial charge in [0.05, 0.1) is 22.8 Å². The van der Waals surface area contributed by atoms with Gasteiger partial charge in [-0.1, -0.05) is 48.0 Å². The Kier molecular flexibility index (Phi) is 5.50. The lowest BCUT2D eigenvalue weighted by atomic mass is 10.0. The number of primary amides is 1. The molecule has 30 heavy (non-hydrogen) atoms. The van der Waals surface area contributed by atoms with Gasteiger partial charge in [-0.15, -0.1) is 0 Å². The maximum atomic E-state index is 13.4. The number of amides is 2. The second-order valence-corrected chi connectivity index (χ2v) is 7.84. The largest absolute Gasteiger partial charge is 0.368 e. The van der Waals surface area contributed by atoms with E-state index >= 15 is 0 Å². The summed E-state index contributed by atoms with van der Waals surface area (Å²) in [7, 11) is 0. The fraction of sp³-hybridized carbons (Fsp3) is 0.292. The second kappa shape index (κ2) is 8.24. The fourth-order valence-electron chi connectivity index (χ4n) is 3.89. The van der Waals surface area contributed by atoms with Crippen molar-refractivity contribution < 1.29 is 9.59 Å². The van der Waals surface area contributed by atoms with Gasteiger partial charge in [0.25, 0.3) is 5.91 Å². The number of aryl methyl sites for hydroxylation is 1. The Balaban J connectivity index is 1.65. The summed E-state index contributed by atoms with van der Waals surface area (Å²) in [5, 5.41) is 0.853. The molecule has 1 aromatic heterocycles. The number of aromatic nitrogens is 1. The maximum absolute atomic E-state index is 13.4. The number of nitrogens with zero attached hydrogens (tertiary/aromatic N) is 3. The van der Waals surface area contributed by atoms with Crippen LogP contribution in [0.3, 0.4) is 0 Å². The zero-order chi connectivity index (χ0) is 21.3. The number of benzene rings is 2. The topological polar surface area (TPSA) is 79.5 Å². The number of hydrogen-bond acceptors (Lipinski definition) is 4. The van der Waals surface area contributed by atoms with Gasteiger partial charge in [0, 0.05) is 37.1 Å². The number of carbonyl (C=O) groups excluding carboxylic acids is 2. The quantitative estimate of drug-likeness (QED) is 0.728. The molecule has 1 atom stereocenters. The summed E-state index contributed by atoms with van der Waals surface area (Å²) in [5.41, 5.74) is 9.85. The number of rotatable bonds is 4. The predicted octanol–water partition coefficient (Wildman–Crippen LogP) is 2.84. The van der Waals surface area contributed by atoms with E-state index in [9.17, 15) is 9.59 Å². The Morgan fingerprint density at radius 1 is 1.00 bits per heavy atom. The van der Waals surface area contributed by atoms with Crippen LogP contribution in [0.1, 0.15) is 22.8 Å². The standard InChI is InChI=1S/C24H26N4O2/c1-16-7-9-18(10-8-16)22-15-20(19-5-3-4-6-21(19)26-22)24(30)28-13-11-27(12-14-28)17(2)23(25)29/h3-10,15,17H,11-14H2,1-2H3,(H2,25,29). The van der Waals surface area contributed by atoms with Gasteiger partial charge in [0.1, 0.15) is 0 Å². The first kappa shape index (κ1) is 20.0. The highest BCUT2D eigenvalue weighted by molar-refractivity contribution is 6.07. The van der Waals surface area contributed by atoms with Crippen LogP contribution in [0.25, 0.3) is 22.2 Å². The van der Waals surface area contributed by atoms with E-state index in [1.807, 2.05) is 78.2 Å². The Hall–Kier alpha value is -3.25. The Bertz CT molecular complexity index is 1090. The monoisotopic (exact) mass is 402 g/mol. The van der Waals surface area contributed by atoms with E-state index in [-0.39, 0.29) is 17.9 Å². The molecule has 3 aromatic rings. The first-order valence-electron chi connectivity index (χ1n) is 10.2. The van der Waals surface area contributed by atoms with Crippen molar-refractivity contribution in [2.75, 3.05) is 26.2 Å². The summed E-state index contributed by atoms with van der Waals surface area (Å²) < 4.78 is 0. The lowest BCUT2D eigenvalue weighted by molar-refractivity contribution is -0.123. The Morgan fingerprint density at radius 2 is 1.67 bits per heavy atom. The van der Waals surface area contributed by atoms with Gasteiger partial charge in [-0.05, 0) is 26.0 Å². The van der Waals surface area contributed by atoms with Gasteiger partial charge in [-0.3, -0.25) is 14.5 Å². The molecule has 0 bridgehead atoms. The first-order valence-corrected chi connectivity index (χ1v) is 10.2. The number of para-hydroxylation sites is 1. The van der Waals surface area contributed by atoms with E-state index in [2.05, 4.69) is 0 Å². The van der Waals surface area contributed by atoms with Crippen LogP contribution in [0.5, 0.6) is 0 Å². The van der Waals surface area contributed by atoms with Crippen molar-refractivity contribution in [3.63, 3.8) is 0 Å². The molecular formula is C24H26N4O2. The lowest BCUT2D eigenvalue weighted by Crippen LogP contribution is -2.54. The molecule has 6 nitrogen and oxygen atoms in total. The first-order chi connectivity index (χ1) is 14.4. The molecule has 4 rings (SSSR count). The van der Waals surface area contributed by atoms with E-state index < -0.39 is 0 Å². The molecule has 1 aliphatic rings. The average molecular weight is 402 g/mol. The van der Waals surface area contributed by atoms with E-state index in [1.165, 1.54) is 5.56 Å². The molecule has 1 fully saturated rings. The number of pyridine rings is 1. The van der Waals surface area contributed by atoms with Crippen LogP contribution in [-0.2, 0) is 4.79 Å². The summed E-state index contributed by atoms with van der Waals surface area (Å²) in [5.74, 6) is -0.342. The molecule has 154 valence electrons. The SMILES string of the molecule is Cc1ccc(-c2cc(C(=O)N3CCN(C(C)C(N)=O)CC3)c3ccccc3n2)cc1. The summed E-state index contributed by atoms with van der Waals surface area (Å²) in [6.07, 6.45) is 0. The normalized spacial score (nSPS) is 15.9. The zero-order valence-corrected chi connectivity index (χ0v) is 17.3. The van der Waals surface area contributed by atoms with Gasteiger partial charge in [-0.25, -0.2) is 4.98 Å². The minimum atomic E-state index is -0.336. The van der Waals surface area contributed by atoms with Crippen LogP contribution in [0.2, 0.25) is 0 Å². The van der Waals surface area contributed by atoms with Crippen LogP contribution in [0, 0.1) is 6.92 Å². The number of nitrogens with two attached hydrogens (primary N) is 1. The van der Waals surface area contributed by atoms with E-state index in [0.29, 0.717) is 31.7 Å². The third-order valence-electron chi connectivity index (χ3n) is 5.85. The van der Waals surface area contributed by atoms with Crippen molar-refractivity contribution in [3.8, 4) is 11.3 Å². The molecule has 0 radical (unpaired) electrons. The molecule has 1 unspecified atom stereocenters. The van der Waals surface area contributed by atoms with Crippen LogP contribution < -0.4 is 5.73 Å². The number of carbonyl (C=O) groups is 2. The predicted molar refractivity (Wildman–Crippen MR) is 118 cm³/mol. The minimum Gasteiger partial charge on any atom is -0.368 e. The fourth-order valence-corrected chi connectivity index (χ4v) is 3.89. The highest BCUT2D eigenvalue weighted by atomic mass is 16.2. The number of piperazine rings is 1. The highest BCUT2D eigenvalue weighted by Gasteiger charge is 2.28. The lowest BCUT2D eigenvalue weighted by Gasteiger charge is -2.37. The van der Waals surface area contributed by atoms with E-state index in [4.69, 9.17) is 10.7 Å². The maximum Gasteiger partial charge on any atom is 0.254 e. The Labute approximate surface area is 176 Å². The summed E-state index contributed by atoms with van der Waals surface area (Å²) in [4.78, 5) is 33.6. The van der Waals surface area contributed by atoms with Crippen molar-refractivity contribution in [1.82, 2.24) is 14.8 Å². The van der Waals surface area contributed by atoms with Crippen LogP contribution in [0.4, 0.5) is 0 Å². The summed E-state index contributed by atoms with van der Waals surface area (Å²) in [6, 6.07) is 17.5. The Morgan fingerprint density at radius 3 is 2.33 bits per heavy atom. The molecule has 0 spiro atoms. The molecule has 1 aliphatic heterocycles. The van der Waals surface area contributed by atoms with Crippen molar-refractivity contribution in [1.29, 1.82) is 0 Å². The molecule has 6 heteroatoms. The van der Waals surface area contributed by atoms with Crippen molar-refractivity contribution >= 4 is 22.7 Å². The summed E-state index contributed by atoms with van der Waals surface area (Å²) >= 11 is 0. The minimum absolute atomic E-state index is 0.00617.